The fraction of sp³-hybridized carbons (Fsp3) is 0.786. The standard InChI is InChI=1S/C14H24N2O3/c1-4-8-16-12(11(18-3)10-15-16)13(17)14(2)7-5-6-9-19-14/h10,13,17H,4-9H2,1-3H3. The third kappa shape index (κ3) is 2.77. The van der Waals surface area contributed by atoms with Crippen LogP contribution >= 0.6 is 0 Å². The molecule has 0 radical (unpaired) electrons. The summed E-state index contributed by atoms with van der Waals surface area (Å²) in [6.45, 7) is 5.53. The summed E-state index contributed by atoms with van der Waals surface area (Å²) in [4.78, 5) is 0. The first-order chi connectivity index (χ1) is 9.12. The molecule has 0 bridgehead atoms. The monoisotopic (exact) mass is 268 g/mol. The minimum absolute atomic E-state index is 0.545. The van der Waals surface area contributed by atoms with Gasteiger partial charge in [-0.3, -0.25) is 4.68 Å². The number of hydrogen-bond acceptors (Lipinski definition) is 4. The smallest absolute Gasteiger partial charge is 0.162 e. The average molecular weight is 268 g/mol. The molecule has 1 saturated heterocycles. The number of aryl methyl sites for hydroxylation is 1. The molecular formula is C14H24N2O3. The SMILES string of the molecule is CCCn1ncc(OC)c1C(O)C1(C)CCCCO1. The van der Waals surface area contributed by atoms with Gasteiger partial charge in [0.2, 0.25) is 0 Å². The molecule has 0 saturated carbocycles. The summed E-state index contributed by atoms with van der Waals surface area (Å²) >= 11 is 0. The lowest BCUT2D eigenvalue weighted by Crippen LogP contribution is -2.40. The highest BCUT2D eigenvalue weighted by Crippen LogP contribution is 2.39. The van der Waals surface area contributed by atoms with Crippen LogP contribution in [0, 0.1) is 0 Å². The van der Waals surface area contributed by atoms with Gasteiger partial charge in [-0.15, -0.1) is 0 Å². The Kier molecular flexibility index (Phi) is 4.47. The maximum atomic E-state index is 10.7. The molecule has 2 rings (SSSR count). The van der Waals surface area contributed by atoms with Crippen LogP contribution in [-0.2, 0) is 11.3 Å². The summed E-state index contributed by atoms with van der Waals surface area (Å²) in [5.74, 6) is 0.636. The third-order valence-corrected chi connectivity index (χ3v) is 3.84. The Morgan fingerprint density at radius 3 is 2.95 bits per heavy atom. The van der Waals surface area contributed by atoms with E-state index in [9.17, 15) is 5.11 Å². The van der Waals surface area contributed by atoms with Crippen molar-refractivity contribution in [3.63, 3.8) is 0 Å². The molecule has 5 heteroatoms. The van der Waals surface area contributed by atoms with Gasteiger partial charge in [0.05, 0.1) is 18.9 Å². The van der Waals surface area contributed by atoms with Gasteiger partial charge in [0, 0.05) is 13.2 Å². The fourth-order valence-corrected chi connectivity index (χ4v) is 2.66. The second kappa shape index (κ2) is 5.92. The van der Waals surface area contributed by atoms with Gasteiger partial charge in [0.15, 0.2) is 5.75 Å². The molecule has 0 aliphatic carbocycles. The van der Waals surface area contributed by atoms with Crippen LogP contribution < -0.4 is 4.74 Å². The van der Waals surface area contributed by atoms with Crippen LogP contribution in [0.5, 0.6) is 5.75 Å². The number of rotatable bonds is 5. The molecular weight excluding hydrogens is 244 g/mol. The average Bonchev–Trinajstić information content (AvgIpc) is 2.82. The van der Waals surface area contributed by atoms with Crippen molar-refractivity contribution >= 4 is 0 Å². The Morgan fingerprint density at radius 1 is 1.58 bits per heavy atom. The molecule has 5 nitrogen and oxygen atoms in total. The van der Waals surface area contributed by atoms with Gasteiger partial charge in [-0.1, -0.05) is 6.92 Å². The van der Waals surface area contributed by atoms with E-state index >= 15 is 0 Å². The molecule has 0 amide bonds. The number of nitrogens with zero attached hydrogens (tertiary/aromatic N) is 2. The predicted octanol–water partition coefficient (Wildman–Crippen LogP) is 2.29. The Labute approximate surface area is 114 Å². The number of aliphatic hydroxyl groups excluding tert-OH is 1. The molecule has 1 N–H and O–H groups in total. The van der Waals surface area contributed by atoms with Crippen LogP contribution in [-0.4, -0.2) is 34.2 Å². The lowest BCUT2D eigenvalue weighted by Gasteiger charge is -2.38. The minimum Gasteiger partial charge on any atom is -0.493 e. The Bertz CT molecular complexity index is 411. The van der Waals surface area contributed by atoms with Crippen molar-refractivity contribution in [3.8, 4) is 5.75 Å². The van der Waals surface area contributed by atoms with Crippen molar-refractivity contribution in [2.75, 3.05) is 13.7 Å². The molecule has 1 aromatic heterocycles. The highest BCUT2D eigenvalue weighted by molar-refractivity contribution is 5.29. The van der Waals surface area contributed by atoms with Crippen LogP contribution in [0.2, 0.25) is 0 Å². The highest BCUT2D eigenvalue weighted by Gasteiger charge is 2.40. The molecule has 2 atom stereocenters. The third-order valence-electron chi connectivity index (χ3n) is 3.84. The summed E-state index contributed by atoms with van der Waals surface area (Å²) in [5.41, 5.74) is 0.186. The second-order valence-electron chi connectivity index (χ2n) is 5.34. The van der Waals surface area contributed by atoms with Crippen molar-refractivity contribution < 1.29 is 14.6 Å². The van der Waals surface area contributed by atoms with Crippen LogP contribution in [0.4, 0.5) is 0 Å². The van der Waals surface area contributed by atoms with Gasteiger partial charge in [-0.2, -0.15) is 5.10 Å². The lowest BCUT2D eigenvalue weighted by atomic mass is 9.88. The molecule has 0 spiro atoms. The molecule has 0 aromatic carbocycles. The van der Waals surface area contributed by atoms with Gasteiger partial charge in [-0.25, -0.2) is 0 Å². The van der Waals surface area contributed by atoms with E-state index in [-0.39, 0.29) is 0 Å². The predicted molar refractivity (Wildman–Crippen MR) is 72.2 cm³/mol. The lowest BCUT2D eigenvalue weighted by molar-refractivity contribution is -0.141. The van der Waals surface area contributed by atoms with E-state index in [2.05, 4.69) is 12.0 Å². The number of methoxy groups -OCH3 is 1. The Balaban J connectivity index is 2.30. The zero-order valence-corrected chi connectivity index (χ0v) is 12.1. The molecule has 19 heavy (non-hydrogen) atoms. The molecule has 2 unspecified atom stereocenters. The van der Waals surface area contributed by atoms with Crippen molar-refractivity contribution in [2.24, 2.45) is 0 Å². The quantitative estimate of drug-likeness (QED) is 0.890. The zero-order valence-electron chi connectivity index (χ0n) is 12.1. The summed E-state index contributed by atoms with van der Waals surface area (Å²) < 4.78 is 13.0. The van der Waals surface area contributed by atoms with Crippen LogP contribution in [0.1, 0.15) is 51.3 Å². The number of hydrogen-bond donors (Lipinski definition) is 1. The van der Waals surface area contributed by atoms with Crippen molar-refractivity contribution in [1.29, 1.82) is 0 Å². The maximum absolute atomic E-state index is 10.7. The van der Waals surface area contributed by atoms with Gasteiger partial charge >= 0.3 is 0 Å². The van der Waals surface area contributed by atoms with E-state index in [1.165, 1.54) is 0 Å². The number of aliphatic hydroxyl groups is 1. The molecule has 108 valence electrons. The fourth-order valence-electron chi connectivity index (χ4n) is 2.66. The molecule has 1 aliphatic heterocycles. The largest absolute Gasteiger partial charge is 0.493 e. The summed E-state index contributed by atoms with van der Waals surface area (Å²) in [6, 6.07) is 0. The van der Waals surface area contributed by atoms with E-state index < -0.39 is 11.7 Å². The maximum Gasteiger partial charge on any atom is 0.162 e. The van der Waals surface area contributed by atoms with Gasteiger partial charge in [0.1, 0.15) is 11.8 Å². The summed E-state index contributed by atoms with van der Waals surface area (Å²) in [5, 5.41) is 15.0. The Hall–Kier alpha value is -1.07. The van der Waals surface area contributed by atoms with Gasteiger partial charge in [0.25, 0.3) is 0 Å². The van der Waals surface area contributed by atoms with E-state index in [0.717, 1.165) is 37.9 Å². The topological polar surface area (TPSA) is 56.5 Å². The molecule has 2 heterocycles. The molecule has 1 aromatic rings. The molecule has 1 fully saturated rings. The minimum atomic E-state index is -0.711. The molecule has 1 aliphatic rings. The van der Waals surface area contributed by atoms with Gasteiger partial charge in [-0.05, 0) is 32.6 Å². The normalized spacial score (nSPS) is 25.3. The zero-order chi connectivity index (χ0) is 13.9. The van der Waals surface area contributed by atoms with E-state index in [4.69, 9.17) is 9.47 Å². The van der Waals surface area contributed by atoms with E-state index in [1.54, 1.807) is 13.3 Å². The van der Waals surface area contributed by atoms with Crippen molar-refractivity contribution in [2.45, 2.75) is 57.8 Å². The van der Waals surface area contributed by atoms with E-state index in [1.807, 2.05) is 11.6 Å². The van der Waals surface area contributed by atoms with E-state index in [0.29, 0.717) is 12.4 Å². The summed E-state index contributed by atoms with van der Waals surface area (Å²) in [6.07, 6.45) is 4.92. The van der Waals surface area contributed by atoms with Crippen molar-refractivity contribution in [1.82, 2.24) is 9.78 Å². The second-order valence-corrected chi connectivity index (χ2v) is 5.34. The van der Waals surface area contributed by atoms with Crippen LogP contribution in [0.3, 0.4) is 0 Å². The summed E-state index contributed by atoms with van der Waals surface area (Å²) in [7, 11) is 1.60. The van der Waals surface area contributed by atoms with Crippen LogP contribution in [0.25, 0.3) is 0 Å². The first-order valence-corrected chi connectivity index (χ1v) is 7.04. The highest BCUT2D eigenvalue weighted by atomic mass is 16.5. The number of ether oxygens (including phenoxy) is 2. The Morgan fingerprint density at radius 2 is 2.37 bits per heavy atom. The van der Waals surface area contributed by atoms with Crippen molar-refractivity contribution in [3.05, 3.63) is 11.9 Å². The number of aromatic nitrogens is 2. The van der Waals surface area contributed by atoms with Gasteiger partial charge < -0.3 is 14.6 Å². The first-order valence-electron chi connectivity index (χ1n) is 7.04. The first kappa shape index (κ1) is 14.3. The van der Waals surface area contributed by atoms with Crippen LogP contribution in [0.15, 0.2) is 6.20 Å².